The van der Waals surface area contributed by atoms with E-state index in [0.29, 0.717) is 18.7 Å². The Morgan fingerprint density at radius 3 is 2.30 bits per heavy atom. The first kappa shape index (κ1) is 24.5. The van der Waals surface area contributed by atoms with Crippen LogP contribution in [-0.2, 0) is 30.1 Å². The highest BCUT2D eigenvalue weighted by Crippen LogP contribution is 2.49. The van der Waals surface area contributed by atoms with Crippen molar-refractivity contribution in [3.8, 4) is 5.88 Å². The van der Waals surface area contributed by atoms with Crippen LogP contribution in [0.1, 0.15) is 30.9 Å². The molecule has 0 bridgehead atoms. The Balaban J connectivity index is 1.62. The average Bonchev–Trinajstić information content (AvgIpc) is 3.38. The monoisotopic (exact) mass is 508 g/mol. The van der Waals surface area contributed by atoms with Gasteiger partial charge in [-0.15, -0.1) is 0 Å². The summed E-state index contributed by atoms with van der Waals surface area (Å²) in [4.78, 5) is 73.0. The van der Waals surface area contributed by atoms with E-state index < -0.39 is 40.4 Å². The van der Waals surface area contributed by atoms with Gasteiger partial charge in [0.15, 0.2) is 5.41 Å². The number of aromatic hydroxyl groups is 1. The maximum absolute atomic E-state index is 13.5. The fraction of sp³-hybridized carbons (Fsp3) is 0.440. The molecule has 12 nitrogen and oxygen atoms in total. The second-order valence-corrected chi connectivity index (χ2v) is 9.93. The predicted octanol–water partition coefficient (Wildman–Crippen LogP) is 0.492. The molecule has 194 valence electrons. The largest absolute Gasteiger partial charge is 0.494 e. The van der Waals surface area contributed by atoms with Crippen molar-refractivity contribution >= 4 is 34.9 Å². The van der Waals surface area contributed by atoms with E-state index in [9.17, 15) is 29.1 Å². The molecule has 12 heteroatoms. The number of fused-ring (bicyclic) bond motifs is 4. The second kappa shape index (κ2) is 8.15. The maximum Gasteiger partial charge on any atom is 0.333 e. The quantitative estimate of drug-likeness (QED) is 0.460. The zero-order valence-electron chi connectivity index (χ0n) is 21.3. The molecule has 1 aromatic carbocycles. The molecule has 2 aromatic rings. The fourth-order valence-electron chi connectivity index (χ4n) is 5.97. The van der Waals surface area contributed by atoms with Crippen LogP contribution in [0.2, 0.25) is 0 Å². The number of urea groups is 1. The molecule has 2 fully saturated rings. The van der Waals surface area contributed by atoms with Crippen LogP contribution < -0.4 is 16.1 Å². The number of nitrogens with zero attached hydrogens (tertiary/aromatic N) is 6. The standard InChI is InChI=1S/C25H28N6O6/c1-13(18-19(32)27(2)23(36)28(3)20(18)33)26-15-8-9-16-14(11-15)12-25(17-7-6-10-31(16)17)21(34)29(4)24(37)30(5)22(25)35/h8-9,11,17,32H,6-7,10,12H2,1-5H3. The fourth-order valence-corrected chi connectivity index (χ4v) is 5.97. The molecule has 2 saturated heterocycles. The van der Waals surface area contributed by atoms with Crippen molar-refractivity contribution in [3.63, 3.8) is 0 Å². The van der Waals surface area contributed by atoms with Gasteiger partial charge in [0.2, 0.25) is 17.7 Å². The Bertz CT molecular complexity index is 1510. The van der Waals surface area contributed by atoms with E-state index >= 15 is 0 Å². The number of aromatic nitrogens is 2. The van der Waals surface area contributed by atoms with Gasteiger partial charge in [0.1, 0.15) is 5.56 Å². The van der Waals surface area contributed by atoms with Crippen molar-refractivity contribution in [3.05, 3.63) is 50.2 Å². The third-order valence-corrected chi connectivity index (χ3v) is 7.90. The lowest BCUT2D eigenvalue weighted by Gasteiger charge is -2.50. The van der Waals surface area contributed by atoms with Crippen molar-refractivity contribution in [2.75, 3.05) is 25.5 Å². The van der Waals surface area contributed by atoms with Crippen molar-refractivity contribution < 1.29 is 19.5 Å². The molecule has 1 spiro atoms. The summed E-state index contributed by atoms with van der Waals surface area (Å²) in [6, 6.07) is 4.39. The van der Waals surface area contributed by atoms with Crippen LogP contribution in [0.4, 0.5) is 16.2 Å². The van der Waals surface area contributed by atoms with E-state index in [1.807, 2.05) is 6.07 Å². The van der Waals surface area contributed by atoms with E-state index in [0.717, 1.165) is 36.6 Å². The molecule has 4 amide bonds. The number of rotatable bonds is 2. The third kappa shape index (κ3) is 3.20. The van der Waals surface area contributed by atoms with Crippen LogP contribution in [0, 0.1) is 5.41 Å². The molecule has 4 heterocycles. The number of anilines is 1. The van der Waals surface area contributed by atoms with Crippen LogP contribution in [0.5, 0.6) is 5.88 Å². The second-order valence-electron chi connectivity index (χ2n) is 9.93. The van der Waals surface area contributed by atoms with Crippen molar-refractivity contribution in [2.45, 2.75) is 32.2 Å². The zero-order valence-corrected chi connectivity index (χ0v) is 21.3. The lowest BCUT2D eigenvalue weighted by Crippen LogP contribution is -2.70. The number of amides is 4. The number of carbonyl (C=O) groups is 3. The van der Waals surface area contributed by atoms with E-state index in [1.54, 1.807) is 19.1 Å². The summed E-state index contributed by atoms with van der Waals surface area (Å²) in [6.07, 6.45) is 1.57. The number of imide groups is 2. The summed E-state index contributed by atoms with van der Waals surface area (Å²) >= 11 is 0. The molecule has 0 aliphatic carbocycles. The molecule has 3 aliphatic rings. The van der Waals surface area contributed by atoms with Gasteiger partial charge in [0.05, 0.1) is 17.4 Å². The molecule has 0 saturated carbocycles. The summed E-state index contributed by atoms with van der Waals surface area (Å²) < 4.78 is 1.86. The Kier molecular flexibility index (Phi) is 5.39. The first-order chi connectivity index (χ1) is 17.4. The van der Waals surface area contributed by atoms with E-state index in [1.165, 1.54) is 28.2 Å². The molecule has 0 radical (unpaired) electrons. The molecular weight excluding hydrogens is 480 g/mol. The SMILES string of the molecule is CC(=Nc1ccc2c(c1)CC1(C(=O)N(C)C(=O)N(C)C1=O)C1CCCN21)c1c(O)n(C)c(=O)n(C)c1=O. The van der Waals surface area contributed by atoms with Gasteiger partial charge in [-0.1, -0.05) is 0 Å². The smallest absolute Gasteiger partial charge is 0.333 e. The Morgan fingerprint density at radius 2 is 1.65 bits per heavy atom. The summed E-state index contributed by atoms with van der Waals surface area (Å²) in [7, 11) is 5.47. The summed E-state index contributed by atoms with van der Waals surface area (Å²) in [5.41, 5.74) is -0.583. The van der Waals surface area contributed by atoms with Crippen LogP contribution in [0.25, 0.3) is 0 Å². The van der Waals surface area contributed by atoms with E-state index in [4.69, 9.17) is 0 Å². The van der Waals surface area contributed by atoms with E-state index in [-0.39, 0.29) is 23.7 Å². The summed E-state index contributed by atoms with van der Waals surface area (Å²) in [6.45, 7) is 2.23. The highest BCUT2D eigenvalue weighted by atomic mass is 16.3. The number of carbonyl (C=O) groups excluding carboxylic acids is 3. The van der Waals surface area contributed by atoms with Gasteiger partial charge in [-0.2, -0.15) is 0 Å². The first-order valence-corrected chi connectivity index (χ1v) is 12.0. The van der Waals surface area contributed by atoms with Gasteiger partial charge in [-0.05, 0) is 49.9 Å². The van der Waals surface area contributed by atoms with Crippen LogP contribution in [-0.4, -0.2) is 74.3 Å². The normalized spacial score (nSPS) is 21.1. The molecule has 1 N–H and O–H groups in total. The molecule has 3 aliphatic heterocycles. The molecule has 1 atom stereocenters. The van der Waals surface area contributed by atoms with Crippen molar-refractivity contribution in [1.29, 1.82) is 0 Å². The molecule has 5 rings (SSSR count). The van der Waals surface area contributed by atoms with E-state index in [2.05, 4.69) is 9.89 Å². The highest BCUT2D eigenvalue weighted by Gasteiger charge is 2.63. The number of hydrogen-bond acceptors (Lipinski definition) is 8. The van der Waals surface area contributed by atoms with Gasteiger partial charge >= 0.3 is 11.7 Å². The lowest BCUT2D eigenvalue weighted by molar-refractivity contribution is -0.159. The first-order valence-electron chi connectivity index (χ1n) is 12.0. The Labute approximate surface area is 212 Å². The zero-order chi connectivity index (χ0) is 27.0. The minimum Gasteiger partial charge on any atom is -0.494 e. The predicted molar refractivity (Wildman–Crippen MR) is 134 cm³/mol. The number of benzene rings is 1. The minimum absolute atomic E-state index is 0.0993. The van der Waals surface area contributed by atoms with Gasteiger partial charge in [0.25, 0.3) is 5.56 Å². The minimum atomic E-state index is -1.43. The third-order valence-electron chi connectivity index (χ3n) is 7.90. The van der Waals surface area contributed by atoms with Crippen LogP contribution in [0.3, 0.4) is 0 Å². The van der Waals surface area contributed by atoms with Gasteiger partial charge in [0, 0.05) is 40.4 Å². The van der Waals surface area contributed by atoms with Crippen molar-refractivity contribution in [1.82, 2.24) is 18.9 Å². The average molecular weight is 509 g/mol. The van der Waals surface area contributed by atoms with Gasteiger partial charge in [-0.3, -0.25) is 38.3 Å². The summed E-state index contributed by atoms with van der Waals surface area (Å²) in [5.74, 6) is -1.50. The van der Waals surface area contributed by atoms with Crippen LogP contribution >= 0.6 is 0 Å². The summed E-state index contributed by atoms with van der Waals surface area (Å²) in [5, 5.41) is 10.5. The molecular formula is C25H28N6O6. The van der Waals surface area contributed by atoms with Gasteiger partial charge < -0.3 is 10.0 Å². The highest BCUT2D eigenvalue weighted by molar-refractivity contribution is 6.20. The Hall–Kier alpha value is -4.22. The van der Waals surface area contributed by atoms with Crippen molar-refractivity contribution in [2.24, 2.45) is 24.5 Å². The molecule has 1 aromatic heterocycles. The molecule has 37 heavy (non-hydrogen) atoms. The van der Waals surface area contributed by atoms with Gasteiger partial charge in [-0.25, -0.2) is 9.59 Å². The maximum atomic E-state index is 13.5. The van der Waals surface area contributed by atoms with Crippen LogP contribution in [0.15, 0.2) is 32.8 Å². The lowest BCUT2D eigenvalue weighted by atomic mass is 9.68. The number of hydrogen-bond donors (Lipinski definition) is 1. The topological polar surface area (TPSA) is 138 Å². The number of aliphatic imine (C=N–C) groups is 1. The number of barbiturate groups is 1. The Morgan fingerprint density at radius 1 is 1.00 bits per heavy atom. The molecule has 1 unspecified atom stereocenters.